The molecule has 210 valence electrons. The summed E-state index contributed by atoms with van der Waals surface area (Å²) in [5, 5.41) is 14.6. The van der Waals surface area contributed by atoms with Crippen molar-refractivity contribution in [3.8, 4) is 12.1 Å². The van der Waals surface area contributed by atoms with Gasteiger partial charge in [-0.2, -0.15) is 15.2 Å². The molecule has 5 heterocycles. The second kappa shape index (κ2) is 10.8. The maximum atomic E-state index is 13.4. The van der Waals surface area contributed by atoms with E-state index in [2.05, 4.69) is 34.8 Å². The van der Waals surface area contributed by atoms with E-state index >= 15 is 0 Å². The summed E-state index contributed by atoms with van der Waals surface area (Å²) in [6.07, 6.45) is 6.40. The zero-order chi connectivity index (χ0) is 27.9. The highest BCUT2D eigenvalue weighted by atomic mass is 32.1. The van der Waals surface area contributed by atoms with Crippen LogP contribution in [0.15, 0.2) is 24.1 Å². The summed E-state index contributed by atoms with van der Waals surface area (Å²) in [5.74, 6) is 0.703. The van der Waals surface area contributed by atoms with Gasteiger partial charge in [0.1, 0.15) is 12.4 Å². The van der Waals surface area contributed by atoms with E-state index in [1.807, 2.05) is 11.4 Å². The number of anilines is 2. The number of thiophene rings is 1. The summed E-state index contributed by atoms with van der Waals surface area (Å²) in [6.45, 7) is 6.75. The van der Waals surface area contributed by atoms with Gasteiger partial charge in [-0.25, -0.2) is 0 Å². The monoisotopic (exact) mass is 561 g/mol. The molecule has 3 unspecified atom stereocenters. The SMILES string of the molecule is C=CC(=O)N1CCN(c2nc(OCC3CCCN3C)nc3c2CCC2(C3)Cc3sccc3NC2=O)CC1CC#N. The summed E-state index contributed by atoms with van der Waals surface area (Å²) in [7, 11) is 2.11. The first-order valence-corrected chi connectivity index (χ1v) is 14.9. The molecule has 1 aliphatic carbocycles. The number of rotatable bonds is 6. The van der Waals surface area contributed by atoms with Crippen LogP contribution in [-0.4, -0.2) is 83.5 Å². The number of likely N-dealkylation sites (tertiary alicyclic amines) is 1. The van der Waals surface area contributed by atoms with Crippen LogP contribution >= 0.6 is 11.3 Å². The molecule has 3 aliphatic heterocycles. The normalized spacial score (nSPS) is 26.1. The molecule has 10 nitrogen and oxygen atoms in total. The second-order valence-corrected chi connectivity index (χ2v) is 12.4. The van der Waals surface area contributed by atoms with Gasteiger partial charge in [0.2, 0.25) is 11.8 Å². The Kier molecular flexibility index (Phi) is 7.23. The largest absolute Gasteiger partial charge is 0.462 e. The fraction of sp³-hybridized carbons (Fsp3) is 0.552. The minimum atomic E-state index is -0.544. The number of nitrogens with one attached hydrogen (secondary N) is 1. The molecule has 0 bridgehead atoms. The number of nitriles is 1. The average Bonchev–Trinajstić information content (AvgIpc) is 3.59. The highest BCUT2D eigenvalue weighted by Crippen LogP contribution is 2.46. The van der Waals surface area contributed by atoms with Gasteiger partial charge in [-0.1, -0.05) is 6.58 Å². The zero-order valence-electron chi connectivity index (χ0n) is 22.9. The maximum Gasteiger partial charge on any atom is 0.318 e. The van der Waals surface area contributed by atoms with Crippen LogP contribution in [0.25, 0.3) is 0 Å². The molecule has 1 N–H and O–H groups in total. The van der Waals surface area contributed by atoms with Crippen LogP contribution in [0.2, 0.25) is 0 Å². The van der Waals surface area contributed by atoms with E-state index in [0.717, 1.165) is 42.1 Å². The number of amides is 2. The lowest BCUT2D eigenvalue weighted by Crippen LogP contribution is -2.55. The molecule has 0 saturated carbocycles. The van der Waals surface area contributed by atoms with Gasteiger partial charge in [0.05, 0.1) is 35.3 Å². The van der Waals surface area contributed by atoms with Crippen molar-refractivity contribution in [1.29, 1.82) is 5.26 Å². The summed E-state index contributed by atoms with van der Waals surface area (Å²) < 4.78 is 6.24. The Labute approximate surface area is 238 Å². The van der Waals surface area contributed by atoms with E-state index in [0.29, 0.717) is 64.0 Å². The molecular formula is C29H35N7O3S. The summed E-state index contributed by atoms with van der Waals surface area (Å²) in [6, 6.07) is 4.61. The molecule has 40 heavy (non-hydrogen) atoms. The molecular weight excluding hydrogens is 526 g/mol. The van der Waals surface area contributed by atoms with Gasteiger partial charge >= 0.3 is 6.01 Å². The van der Waals surface area contributed by atoms with Gasteiger partial charge in [-0.05, 0) is 63.2 Å². The molecule has 1 spiro atoms. The van der Waals surface area contributed by atoms with Crippen molar-refractivity contribution >= 4 is 34.7 Å². The van der Waals surface area contributed by atoms with Crippen LogP contribution < -0.4 is 15.0 Å². The fourth-order valence-corrected chi connectivity index (χ4v) is 7.64. The quantitative estimate of drug-likeness (QED) is 0.536. The average molecular weight is 562 g/mol. The van der Waals surface area contributed by atoms with E-state index < -0.39 is 5.41 Å². The number of carbonyl (C=O) groups excluding carboxylic acids is 2. The third kappa shape index (κ3) is 4.84. The van der Waals surface area contributed by atoms with Crippen molar-refractivity contribution in [3.63, 3.8) is 0 Å². The van der Waals surface area contributed by atoms with Crippen molar-refractivity contribution in [1.82, 2.24) is 19.8 Å². The van der Waals surface area contributed by atoms with Gasteiger partial charge in [-0.15, -0.1) is 11.3 Å². The Balaban J connectivity index is 1.32. The second-order valence-electron chi connectivity index (χ2n) is 11.4. The first-order valence-electron chi connectivity index (χ1n) is 14.1. The van der Waals surface area contributed by atoms with E-state index in [-0.39, 0.29) is 24.3 Å². The number of nitrogens with zero attached hydrogens (tertiary/aromatic N) is 6. The van der Waals surface area contributed by atoms with Crippen LogP contribution in [0.1, 0.15) is 41.8 Å². The van der Waals surface area contributed by atoms with Crippen molar-refractivity contribution in [2.24, 2.45) is 5.41 Å². The molecule has 2 aromatic rings. The molecule has 2 saturated heterocycles. The van der Waals surface area contributed by atoms with Crippen LogP contribution in [0.5, 0.6) is 6.01 Å². The third-order valence-electron chi connectivity index (χ3n) is 9.03. The van der Waals surface area contributed by atoms with Crippen LogP contribution in [0.4, 0.5) is 11.5 Å². The number of fused-ring (bicyclic) bond motifs is 2. The van der Waals surface area contributed by atoms with Crippen molar-refractivity contribution in [2.75, 3.05) is 50.1 Å². The van der Waals surface area contributed by atoms with Crippen LogP contribution in [0.3, 0.4) is 0 Å². The number of likely N-dealkylation sites (N-methyl/N-ethyl adjacent to an activating group) is 1. The molecule has 2 aromatic heterocycles. The molecule has 0 radical (unpaired) electrons. The van der Waals surface area contributed by atoms with Crippen molar-refractivity contribution in [2.45, 2.75) is 57.0 Å². The highest BCUT2D eigenvalue weighted by molar-refractivity contribution is 7.10. The lowest BCUT2D eigenvalue weighted by Gasteiger charge is -2.43. The number of hydrogen-bond acceptors (Lipinski definition) is 9. The minimum absolute atomic E-state index is 0.0601. The predicted molar refractivity (Wildman–Crippen MR) is 152 cm³/mol. The lowest BCUT2D eigenvalue weighted by atomic mass is 9.68. The Morgan fingerprint density at radius 1 is 1.32 bits per heavy atom. The summed E-state index contributed by atoms with van der Waals surface area (Å²) in [4.78, 5) is 43.2. The molecule has 2 amide bonds. The maximum absolute atomic E-state index is 13.4. The van der Waals surface area contributed by atoms with E-state index in [4.69, 9.17) is 14.7 Å². The molecule has 11 heteroatoms. The predicted octanol–water partition coefficient (Wildman–Crippen LogP) is 2.80. The number of piperazine rings is 1. The highest BCUT2D eigenvalue weighted by Gasteiger charge is 2.47. The van der Waals surface area contributed by atoms with Crippen molar-refractivity contribution in [3.05, 3.63) is 40.2 Å². The van der Waals surface area contributed by atoms with Gasteiger partial charge in [0.25, 0.3) is 0 Å². The van der Waals surface area contributed by atoms with Gasteiger partial charge in [0.15, 0.2) is 0 Å². The van der Waals surface area contributed by atoms with Gasteiger partial charge in [-0.3, -0.25) is 9.59 Å². The first-order chi connectivity index (χ1) is 19.4. The Hall–Kier alpha value is -3.49. The topological polar surface area (TPSA) is 115 Å². The Morgan fingerprint density at radius 2 is 2.20 bits per heavy atom. The van der Waals surface area contributed by atoms with E-state index in [1.54, 1.807) is 16.2 Å². The van der Waals surface area contributed by atoms with Gasteiger partial charge in [0, 0.05) is 42.5 Å². The van der Waals surface area contributed by atoms with Crippen LogP contribution in [-0.2, 0) is 28.9 Å². The molecule has 3 atom stereocenters. The molecule has 2 fully saturated rings. The molecule has 0 aromatic carbocycles. The summed E-state index contributed by atoms with van der Waals surface area (Å²) >= 11 is 1.69. The zero-order valence-corrected chi connectivity index (χ0v) is 23.7. The fourth-order valence-electron chi connectivity index (χ4n) is 6.67. The molecule has 4 aliphatic rings. The standard InChI is InChI=1S/C29H35N7O3S/c1-3-25(37)36-13-12-35(17-19(36)7-10-30)26-21-6-9-29(16-24-22(8-14-40-24)31-27(29)38)15-23(21)32-28(33-26)39-18-20-5-4-11-34(20)2/h3,8,14,19-20H,1,4-7,9,11-13,15-18H2,2H3,(H,31,38). The van der Waals surface area contributed by atoms with E-state index in [1.165, 1.54) is 11.0 Å². The third-order valence-corrected chi connectivity index (χ3v) is 9.95. The Morgan fingerprint density at radius 3 is 2.98 bits per heavy atom. The lowest BCUT2D eigenvalue weighted by molar-refractivity contribution is -0.128. The van der Waals surface area contributed by atoms with Gasteiger partial charge < -0.3 is 24.8 Å². The summed E-state index contributed by atoms with van der Waals surface area (Å²) in [5.41, 5.74) is 2.29. The number of carbonyl (C=O) groups is 2. The minimum Gasteiger partial charge on any atom is -0.462 e. The first kappa shape index (κ1) is 26.7. The smallest absolute Gasteiger partial charge is 0.318 e. The van der Waals surface area contributed by atoms with Crippen molar-refractivity contribution < 1.29 is 14.3 Å². The van der Waals surface area contributed by atoms with E-state index in [9.17, 15) is 14.9 Å². The number of aromatic nitrogens is 2. The molecule has 6 rings (SSSR count). The number of ether oxygens (including phenoxy) is 1. The van der Waals surface area contributed by atoms with Crippen LogP contribution in [0, 0.1) is 16.7 Å². The Bertz CT molecular complexity index is 1370. The number of hydrogen-bond donors (Lipinski definition) is 1.